The second kappa shape index (κ2) is 8.22. The Morgan fingerprint density at radius 1 is 1.19 bits per heavy atom. The van der Waals surface area contributed by atoms with Crippen molar-refractivity contribution < 1.29 is 9.21 Å². The van der Waals surface area contributed by atoms with E-state index in [0.29, 0.717) is 16.8 Å². The second-order valence-electron chi connectivity index (χ2n) is 7.17. The molecule has 0 bridgehead atoms. The smallest absolute Gasteiger partial charge is 0.230 e. The molecule has 6 nitrogen and oxygen atoms in total. The third kappa shape index (κ3) is 5.64. The molecule has 0 radical (unpaired) electrons. The predicted molar refractivity (Wildman–Crippen MR) is 108 cm³/mol. The Morgan fingerprint density at radius 2 is 2.00 bits per heavy atom. The Bertz CT molecular complexity index is 910. The first kappa shape index (κ1) is 19.6. The lowest BCUT2D eigenvalue weighted by molar-refractivity contribution is -0.115. The van der Waals surface area contributed by atoms with Crippen LogP contribution < -0.4 is 5.32 Å². The van der Waals surface area contributed by atoms with Gasteiger partial charge in [0.15, 0.2) is 5.13 Å². The molecule has 0 aliphatic rings. The van der Waals surface area contributed by atoms with E-state index in [1.54, 1.807) is 30.4 Å². The van der Waals surface area contributed by atoms with Crippen molar-refractivity contribution in [2.75, 3.05) is 5.32 Å². The molecule has 3 rings (SSSR count). The van der Waals surface area contributed by atoms with E-state index in [-0.39, 0.29) is 17.7 Å². The highest BCUT2D eigenvalue weighted by Gasteiger charge is 2.19. The quantitative estimate of drug-likeness (QED) is 0.607. The number of pyridine rings is 1. The van der Waals surface area contributed by atoms with Crippen LogP contribution in [0.5, 0.6) is 0 Å². The molecule has 0 unspecified atom stereocenters. The van der Waals surface area contributed by atoms with Gasteiger partial charge in [-0.05, 0) is 18.6 Å². The van der Waals surface area contributed by atoms with Gasteiger partial charge in [-0.15, -0.1) is 11.8 Å². The summed E-state index contributed by atoms with van der Waals surface area (Å²) in [6.07, 6.45) is 5.54. The van der Waals surface area contributed by atoms with Gasteiger partial charge in [-0.3, -0.25) is 9.78 Å². The number of rotatable bonds is 6. The van der Waals surface area contributed by atoms with Crippen LogP contribution in [0.4, 0.5) is 5.13 Å². The number of hydrogen-bond acceptors (Lipinski definition) is 7. The maximum Gasteiger partial charge on any atom is 0.230 e. The van der Waals surface area contributed by atoms with Gasteiger partial charge in [0.2, 0.25) is 11.8 Å². The highest BCUT2D eigenvalue weighted by Crippen LogP contribution is 2.31. The molecule has 8 heteroatoms. The van der Waals surface area contributed by atoms with Gasteiger partial charge in [0.05, 0.1) is 28.8 Å². The summed E-state index contributed by atoms with van der Waals surface area (Å²) in [4.78, 5) is 24.9. The number of aryl methyl sites for hydroxylation is 1. The van der Waals surface area contributed by atoms with Crippen molar-refractivity contribution in [3.8, 4) is 0 Å². The lowest BCUT2D eigenvalue weighted by Crippen LogP contribution is -2.14. The highest BCUT2D eigenvalue weighted by atomic mass is 32.2. The Morgan fingerprint density at radius 3 is 2.67 bits per heavy atom. The first-order chi connectivity index (χ1) is 12.8. The van der Waals surface area contributed by atoms with Crippen molar-refractivity contribution >= 4 is 34.1 Å². The van der Waals surface area contributed by atoms with Gasteiger partial charge < -0.3 is 9.73 Å². The Kier molecular flexibility index (Phi) is 5.96. The van der Waals surface area contributed by atoms with Crippen molar-refractivity contribution in [3.63, 3.8) is 0 Å². The molecule has 1 N–H and O–H groups in total. The monoisotopic (exact) mass is 402 g/mol. The molecule has 1 amide bonds. The van der Waals surface area contributed by atoms with E-state index in [4.69, 9.17) is 4.42 Å². The number of anilines is 1. The maximum absolute atomic E-state index is 12.1. The Balaban J connectivity index is 1.51. The summed E-state index contributed by atoms with van der Waals surface area (Å²) in [5, 5.41) is 3.42. The molecule has 0 atom stereocenters. The van der Waals surface area contributed by atoms with E-state index >= 15 is 0 Å². The number of nitrogens with one attached hydrogen (secondary N) is 1. The van der Waals surface area contributed by atoms with Gasteiger partial charge in [0, 0.05) is 17.3 Å². The molecule has 3 heterocycles. The van der Waals surface area contributed by atoms with Crippen LogP contribution in [0.25, 0.3) is 0 Å². The topological polar surface area (TPSA) is 80.9 Å². The summed E-state index contributed by atoms with van der Waals surface area (Å²) in [6.45, 7) is 8.19. The number of nitrogens with zero attached hydrogens (tertiary/aromatic N) is 3. The van der Waals surface area contributed by atoms with Crippen molar-refractivity contribution in [2.24, 2.45) is 0 Å². The van der Waals surface area contributed by atoms with Crippen LogP contribution >= 0.6 is 23.1 Å². The predicted octanol–water partition coefficient (Wildman–Crippen LogP) is 4.61. The van der Waals surface area contributed by atoms with Crippen LogP contribution in [0, 0.1) is 6.92 Å². The molecule has 3 aromatic heterocycles. The molecule has 0 aliphatic heterocycles. The van der Waals surface area contributed by atoms with E-state index < -0.39 is 0 Å². The molecule has 0 aromatic carbocycles. The minimum Gasteiger partial charge on any atom is -0.444 e. The summed E-state index contributed by atoms with van der Waals surface area (Å²) >= 11 is 3.03. The molecule has 3 aromatic rings. The summed E-state index contributed by atoms with van der Waals surface area (Å²) in [5.41, 5.74) is 1.76. The van der Waals surface area contributed by atoms with Gasteiger partial charge in [0.1, 0.15) is 5.76 Å². The van der Waals surface area contributed by atoms with E-state index in [0.717, 1.165) is 21.2 Å². The molecule has 0 aliphatic carbocycles. The van der Waals surface area contributed by atoms with Crippen LogP contribution in [0.1, 0.15) is 43.7 Å². The summed E-state index contributed by atoms with van der Waals surface area (Å²) < 4.78 is 6.79. The van der Waals surface area contributed by atoms with Crippen molar-refractivity contribution in [1.29, 1.82) is 0 Å². The van der Waals surface area contributed by atoms with Crippen molar-refractivity contribution in [3.05, 3.63) is 53.6 Å². The number of aromatic nitrogens is 3. The standard InChI is InChI=1S/C19H22N4O2S2/c1-12-5-6-13(8-20-12)7-15(24)23-18-22-10-17(27-18)26-11-16-21-9-14(25-16)19(2,3)4/h5-6,8-10H,7,11H2,1-4H3,(H,22,23,24). The fraction of sp³-hybridized carbons (Fsp3) is 0.368. The lowest BCUT2D eigenvalue weighted by Gasteiger charge is -2.12. The third-order valence-corrected chi connectivity index (χ3v) is 5.79. The summed E-state index contributed by atoms with van der Waals surface area (Å²) in [7, 11) is 0. The lowest BCUT2D eigenvalue weighted by atomic mass is 9.94. The van der Waals surface area contributed by atoms with Gasteiger partial charge in [-0.1, -0.05) is 38.2 Å². The summed E-state index contributed by atoms with van der Waals surface area (Å²) in [6, 6.07) is 3.81. The molecular weight excluding hydrogens is 380 g/mol. The van der Waals surface area contributed by atoms with Crippen LogP contribution in [0.3, 0.4) is 0 Å². The zero-order valence-corrected chi connectivity index (χ0v) is 17.4. The van der Waals surface area contributed by atoms with Crippen molar-refractivity contribution in [2.45, 2.75) is 49.5 Å². The first-order valence-corrected chi connectivity index (χ1v) is 10.3. The molecular formula is C19H22N4O2S2. The number of carbonyl (C=O) groups excluding carboxylic acids is 1. The van der Waals surface area contributed by atoms with E-state index in [1.165, 1.54) is 11.3 Å². The average Bonchev–Trinajstić information content (AvgIpc) is 3.24. The Hall–Kier alpha value is -2.19. The third-order valence-electron chi connectivity index (χ3n) is 3.70. The van der Waals surface area contributed by atoms with Crippen LogP contribution in [0.15, 0.2) is 39.3 Å². The highest BCUT2D eigenvalue weighted by molar-refractivity contribution is 8.00. The number of thiazole rings is 1. The number of oxazole rings is 1. The minimum atomic E-state index is -0.103. The first-order valence-electron chi connectivity index (χ1n) is 8.55. The average molecular weight is 403 g/mol. The Labute approximate surface area is 166 Å². The van der Waals surface area contributed by atoms with E-state index in [2.05, 4.69) is 41.0 Å². The van der Waals surface area contributed by atoms with Gasteiger partial charge in [-0.2, -0.15) is 0 Å². The van der Waals surface area contributed by atoms with E-state index in [1.807, 2.05) is 19.1 Å². The number of carbonyl (C=O) groups is 1. The molecule has 0 saturated heterocycles. The zero-order valence-electron chi connectivity index (χ0n) is 15.8. The molecule has 142 valence electrons. The molecule has 27 heavy (non-hydrogen) atoms. The van der Waals surface area contributed by atoms with Crippen LogP contribution in [0.2, 0.25) is 0 Å². The van der Waals surface area contributed by atoms with Gasteiger partial charge in [-0.25, -0.2) is 9.97 Å². The molecule has 0 spiro atoms. The summed E-state index contributed by atoms with van der Waals surface area (Å²) in [5.74, 6) is 2.09. The fourth-order valence-corrected chi connectivity index (χ4v) is 3.93. The fourth-order valence-electron chi connectivity index (χ4n) is 2.19. The van der Waals surface area contributed by atoms with Gasteiger partial charge in [0.25, 0.3) is 0 Å². The molecule has 0 fully saturated rings. The zero-order chi connectivity index (χ0) is 19.4. The number of thioether (sulfide) groups is 1. The largest absolute Gasteiger partial charge is 0.444 e. The SMILES string of the molecule is Cc1ccc(CC(=O)Nc2ncc(SCc3ncc(C(C)(C)C)o3)s2)cn1. The van der Waals surface area contributed by atoms with Crippen LogP contribution in [-0.2, 0) is 22.4 Å². The normalized spacial score (nSPS) is 11.6. The van der Waals surface area contributed by atoms with Gasteiger partial charge >= 0.3 is 0 Å². The number of amides is 1. The minimum absolute atomic E-state index is 0.0508. The van der Waals surface area contributed by atoms with E-state index in [9.17, 15) is 4.79 Å². The number of hydrogen-bond donors (Lipinski definition) is 1. The second-order valence-corrected chi connectivity index (χ2v) is 9.48. The van der Waals surface area contributed by atoms with Crippen LogP contribution in [-0.4, -0.2) is 20.9 Å². The maximum atomic E-state index is 12.1. The molecule has 0 saturated carbocycles. The van der Waals surface area contributed by atoms with Crippen molar-refractivity contribution in [1.82, 2.24) is 15.0 Å².